The van der Waals surface area contributed by atoms with Crippen molar-refractivity contribution in [2.45, 2.75) is 39.3 Å². The summed E-state index contributed by atoms with van der Waals surface area (Å²) in [6.45, 7) is 4.79. The predicted octanol–water partition coefficient (Wildman–Crippen LogP) is 5.59. The van der Waals surface area contributed by atoms with E-state index in [0.717, 1.165) is 6.29 Å². The topological polar surface area (TPSA) is 49.4 Å². The van der Waals surface area contributed by atoms with Crippen LogP contribution in [0, 0.1) is 30.2 Å². The number of amides is 1. The zero-order chi connectivity index (χ0) is 25.9. The molecular weight excluding hydrogens is 460 g/mol. The van der Waals surface area contributed by atoms with Crippen LogP contribution >= 0.6 is 0 Å². The van der Waals surface area contributed by atoms with Crippen LogP contribution in [0.2, 0.25) is 0 Å². The molecule has 0 unspecified atom stereocenters. The smallest absolute Gasteiger partial charge is 0.251 e. The van der Waals surface area contributed by atoms with Gasteiger partial charge in [-0.3, -0.25) is 4.79 Å². The van der Waals surface area contributed by atoms with Gasteiger partial charge in [-0.1, -0.05) is 24.3 Å². The quantitative estimate of drug-likeness (QED) is 0.333. The van der Waals surface area contributed by atoms with E-state index in [9.17, 15) is 27.2 Å². The monoisotopic (exact) mass is 486 g/mol. The van der Waals surface area contributed by atoms with Crippen molar-refractivity contribution in [1.29, 1.82) is 0 Å². The highest BCUT2D eigenvalue weighted by molar-refractivity contribution is 5.95. The van der Waals surface area contributed by atoms with Crippen molar-refractivity contribution in [2.24, 2.45) is 0 Å². The van der Waals surface area contributed by atoms with E-state index < -0.39 is 40.9 Å². The number of aldehydes is 1. The summed E-state index contributed by atoms with van der Waals surface area (Å²) in [5.41, 5.74) is 0.891. The van der Waals surface area contributed by atoms with Crippen molar-refractivity contribution in [2.75, 3.05) is 11.9 Å². The average Bonchev–Trinajstić information content (AvgIpc) is 2.80. The molecule has 35 heavy (non-hydrogen) atoms. The first kappa shape index (κ1) is 25.9. The lowest BCUT2D eigenvalue weighted by molar-refractivity contribution is -0.111. The number of hydrogen-bond donors (Lipinski definition) is 1. The lowest BCUT2D eigenvalue weighted by Gasteiger charge is -2.29. The molecule has 1 amide bonds. The van der Waals surface area contributed by atoms with E-state index >= 15 is 0 Å². The first-order chi connectivity index (χ1) is 16.4. The van der Waals surface area contributed by atoms with Crippen LogP contribution in [0.4, 0.5) is 23.2 Å². The Morgan fingerprint density at radius 2 is 1.69 bits per heavy atom. The maximum atomic E-state index is 14.6. The van der Waals surface area contributed by atoms with Gasteiger partial charge >= 0.3 is 0 Å². The van der Waals surface area contributed by atoms with Crippen molar-refractivity contribution >= 4 is 17.9 Å². The summed E-state index contributed by atoms with van der Waals surface area (Å²) in [6, 6.07) is 10.8. The fourth-order valence-corrected chi connectivity index (χ4v) is 3.78. The number of hydrogen-bond acceptors (Lipinski definition) is 3. The molecule has 0 aliphatic carbocycles. The summed E-state index contributed by atoms with van der Waals surface area (Å²) in [7, 11) is 1.71. The van der Waals surface area contributed by atoms with Crippen LogP contribution in [0.15, 0.2) is 48.5 Å². The third-order valence-corrected chi connectivity index (χ3v) is 5.87. The summed E-state index contributed by atoms with van der Waals surface area (Å²) >= 11 is 0. The molecule has 4 nitrogen and oxygen atoms in total. The zero-order valence-corrected chi connectivity index (χ0v) is 19.9. The van der Waals surface area contributed by atoms with Crippen LogP contribution in [0.1, 0.15) is 46.5 Å². The molecule has 0 saturated carbocycles. The number of carbonyl (C=O) groups is 2. The molecule has 3 aromatic rings. The molecule has 0 atom stereocenters. The van der Waals surface area contributed by atoms with Gasteiger partial charge in [0.1, 0.15) is 29.6 Å². The van der Waals surface area contributed by atoms with Gasteiger partial charge in [0.25, 0.3) is 5.91 Å². The number of halogens is 4. The molecule has 0 spiro atoms. The number of aryl methyl sites for hydroxylation is 1. The Hall–Kier alpha value is -3.68. The molecule has 0 bridgehead atoms. The van der Waals surface area contributed by atoms with Gasteiger partial charge in [0, 0.05) is 60.1 Å². The van der Waals surface area contributed by atoms with E-state index in [1.54, 1.807) is 63.1 Å². The second-order valence-electron chi connectivity index (χ2n) is 9.01. The van der Waals surface area contributed by atoms with Crippen molar-refractivity contribution < 1.29 is 27.2 Å². The number of carbonyl (C=O) groups excluding carboxylic acids is 2. The van der Waals surface area contributed by atoms with Gasteiger partial charge in [0.05, 0.1) is 0 Å². The zero-order valence-electron chi connectivity index (χ0n) is 19.9. The third kappa shape index (κ3) is 5.70. The molecule has 8 heteroatoms. The minimum atomic E-state index is -1.11. The summed E-state index contributed by atoms with van der Waals surface area (Å²) < 4.78 is 55.6. The molecule has 3 rings (SSSR count). The molecule has 0 heterocycles. The standard InChI is InChI=1S/C27H26F4N2O2/c1-16-6-5-7-18(25(16)31)14-33(4)24-10-17(8-9-21(24)27(2,3)15-34)26(35)32-13-20-22(29)11-19(28)12-23(20)30/h5-12,15H,13-14H2,1-4H3,(H,32,35). The first-order valence-corrected chi connectivity index (χ1v) is 10.9. The van der Waals surface area contributed by atoms with Crippen LogP contribution in [-0.2, 0) is 23.3 Å². The Morgan fingerprint density at radius 3 is 2.31 bits per heavy atom. The van der Waals surface area contributed by atoms with Crippen LogP contribution < -0.4 is 10.2 Å². The molecule has 0 aliphatic rings. The number of nitrogens with zero attached hydrogens (tertiary/aromatic N) is 1. The van der Waals surface area contributed by atoms with Gasteiger partial charge in [0.15, 0.2) is 0 Å². The molecule has 3 aromatic carbocycles. The average molecular weight is 487 g/mol. The Morgan fingerprint density at radius 1 is 1.03 bits per heavy atom. The van der Waals surface area contributed by atoms with Gasteiger partial charge in [-0.15, -0.1) is 0 Å². The molecule has 0 aromatic heterocycles. The molecular formula is C27H26F4N2O2. The van der Waals surface area contributed by atoms with E-state index in [4.69, 9.17) is 0 Å². The summed E-state index contributed by atoms with van der Waals surface area (Å²) in [4.78, 5) is 26.3. The second-order valence-corrected chi connectivity index (χ2v) is 9.01. The molecule has 1 N–H and O–H groups in total. The fraction of sp³-hybridized carbons (Fsp3) is 0.259. The number of anilines is 1. The Bertz CT molecular complexity index is 1250. The lowest BCUT2D eigenvalue weighted by Crippen LogP contribution is -2.28. The number of benzene rings is 3. The van der Waals surface area contributed by atoms with E-state index in [1.807, 2.05) is 0 Å². The Labute approximate surface area is 201 Å². The van der Waals surface area contributed by atoms with Crippen LogP contribution in [0.3, 0.4) is 0 Å². The molecule has 0 fully saturated rings. The van der Waals surface area contributed by atoms with E-state index in [1.165, 1.54) is 6.07 Å². The molecule has 0 saturated heterocycles. The van der Waals surface area contributed by atoms with E-state index in [-0.39, 0.29) is 17.9 Å². The first-order valence-electron chi connectivity index (χ1n) is 10.9. The van der Waals surface area contributed by atoms with E-state index in [2.05, 4.69) is 5.32 Å². The largest absolute Gasteiger partial charge is 0.370 e. The highest BCUT2D eigenvalue weighted by atomic mass is 19.1. The van der Waals surface area contributed by atoms with Crippen molar-refractivity contribution in [1.82, 2.24) is 5.32 Å². The second kappa shape index (κ2) is 10.3. The maximum Gasteiger partial charge on any atom is 0.251 e. The van der Waals surface area contributed by atoms with Gasteiger partial charge in [-0.25, -0.2) is 17.6 Å². The SMILES string of the molecule is Cc1cccc(CN(C)c2cc(C(=O)NCc3c(F)cc(F)cc3F)ccc2C(C)(C)C=O)c1F. The van der Waals surface area contributed by atoms with Crippen LogP contribution in [0.5, 0.6) is 0 Å². The lowest BCUT2D eigenvalue weighted by atomic mass is 9.84. The normalized spacial score (nSPS) is 11.3. The molecule has 184 valence electrons. The summed E-state index contributed by atoms with van der Waals surface area (Å²) in [5, 5.41) is 2.43. The van der Waals surface area contributed by atoms with E-state index in [0.29, 0.717) is 34.5 Å². The number of rotatable bonds is 8. The van der Waals surface area contributed by atoms with Gasteiger partial charge in [-0.2, -0.15) is 0 Å². The third-order valence-electron chi connectivity index (χ3n) is 5.87. The Kier molecular flexibility index (Phi) is 7.63. The van der Waals surface area contributed by atoms with Gasteiger partial charge in [0.2, 0.25) is 0 Å². The minimum absolute atomic E-state index is 0.171. The maximum absolute atomic E-state index is 14.6. The van der Waals surface area contributed by atoms with Gasteiger partial charge in [-0.05, 0) is 44.0 Å². The Balaban J connectivity index is 1.92. The summed E-state index contributed by atoms with van der Waals surface area (Å²) in [5.74, 6) is -4.23. The minimum Gasteiger partial charge on any atom is -0.370 e. The highest BCUT2D eigenvalue weighted by Crippen LogP contribution is 2.33. The summed E-state index contributed by atoms with van der Waals surface area (Å²) in [6.07, 6.45) is 0.784. The van der Waals surface area contributed by atoms with Crippen LogP contribution in [0.25, 0.3) is 0 Å². The van der Waals surface area contributed by atoms with Crippen molar-refractivity contribution in [3.05, 3.63) is 99.6 Å². The number of nitrogens with one attached hydrogen (secondary N) is 1. The molecule has 0 radical (unpaired) electrons. The van der Waals surface area contributed by atoms with Crippen molar-refractivity contribution in [3.63, 3.8) is 0 Å². The van der Waals surface area contributed by atoms with Crippen LogP contribution in [-0.4, -0.2) is 19.2 Å². The van der Waals surface area contributed by atoms with Gasteiger partial charge < -0.3 is 15.0 Å². The highest BCUT2D eigenvalue weighted by Gasteiger charge is 2.26. The predicted molar refractivity (Wildman–Crippen MR) is 126 cm³/mol. The van der Waals surface area contributed by atoms with Crippen molar-refractivity contribution in [3.8, 4) is 0 Å². The molecule has 0 aliphatic heterocycles. The fourth-order valence-electron chi connectivity index (χ4n) is 3.78.